The summed E-state index contributed by atoms with van der Waals surface area (Å²) >= 11 is 0. The predicted molar refractivity (Wildman–Crippen MR) is 71.5 cm³/mol. The third-order valence-electron chi connectivity index (χ3n) is 3.46. The minimum absolute atomic E-state index is 0.0385. The van der Waals surface area contributed by atoms with E-state index in [4.69, 9.17) is 11.5 Å². The summed E-state index contributed by atoms with van der Waals surface area (Å²) in [7, 11) is 0. The molecular formula is C12H30N4. The van der Waals surface area contributed by atoms with Crippen molar-refractivity contribution in [3.8, 4) is 0 Å². The van der Waals surface area contributed by atoms with Crippen molar-refractivity contribution in [2.75, 3.05) is 26.2 Å². The van der Waals surface area contributed by atoms with Crippen LogP contribution in [0.15, 0.2) is 0 Å². The topological polar surface area (TPSA) is 76.1 Å². The van der Waals surface area contributed by atoms with E-state index >= 15 is 0 Å². The lowest BCUT2D eigenvalue weighted by atomic mass is 9.82. The van der Waals surface area contributed by atoms with Gasteiger partial charge >= 0.3 is 0 Å². The molecule has 98 valence electrons. The molecular weight excluding hydrogens is 200 g/mol. The molecule has 0 fully saturated rings. The smallest absolute Gasteiger partial charge is 0.0301 e. The maximum atomic E-state index is 5.50. The van der Waals surface area contributed by atoms with Crippen molar-refractivity contribution in [2.45, 2.75) is 51.6 Å². The van der Waals surface area contributed by atoms with Crippen LogP contribution in [-0.2, 0) is 0 Å². The standard InChI is InChI=1S/C12H30N4/c1-11(2,15-9-5-7-13)12(3,4)16-10-6-8-14/h15-16H,5-10,13-14H2,1-4H3. The fraction of sp³-hybridized carbons (Fsp3) is 1.00. The molecule has 0 aliphatic rings. The highest BCUT2D eigenvalue weighted by Gasteiger charge is 2.35. The molecule has 6 N–H and O–H groups in total. The van der Waals surface area contributed by atoms with Gasteiger partial charge in [0.05, 0.1) is 0 Å². The molecule has 0 heterocycles. The Morgan fingerprint density at radius 2 is 1.06 bits per heavy atom. The first-order valence-corrected chi connectivity index (χ1v) is 6.27. The van der Waals surface area contributed by atoms with Gasteiger partial charge in [0, 0.05) is 11.1 Å². The Bertz CT molecular complexity index is 158. The molecule has 4 nitrogen and oxygen atoms in total. The second kappa shape index (κ2) is 7.22. The van der Waals surface area contributed by atoms with Crippen LogP contribution in [0.25, 0.3) is 0 Å². The van der Waals surface area contributed by atoms with Gasteiger partial charge in [0.25, 0.3) is 0 Å². The van der Waals surface area contributed by atoms with Gasteiger partial charge in [-0.15, -0.1) is 0 Å². The molecule has 0 saturated heterocycles. The van der Waals surface area contributed by atoms with E-state index in [0.29, 0.717) is 0 Å². The average molecular weight is 230 g/mol. The Balaban J connectivity index is 4.11. The fourth-order valence-corrected chi connectivity index (χ4v) is 1.45. The molecule has 4 heteroatoms. The fourth-order valence-electron chi connectivity index (χ4n) is 1.45. The number of nitrogens with one attached hydrogen (secondary N) is 2. The zero-order chi connectivity index (χ0) is 12.7. The lowest BCUT2D eigenvalue weighted by molar-refractivity contribution is 0.193. The Morgan fingerprint density at radius 1 is 0.750 bits per heavy atom. The highest BCUT2D eigenvalue weighted by atomic mass is 15.1. The van der Waals surface area contributed by atoms with Gasteiger partial charge < -0.3 is 22.1 Å². The summed E-state index contributed by atoms with van der Waals surface area (Å²) < 4.78 is 0. The Hall–Kier alpha value is -0.160. The Kier molecular flexibility index (Phi) is 7.15. The maximum Gasteiger partial charge on any atom is 0.0301 e. The van der Waals surface area contributed by atoms with Gasteiger partial charge in [0.1, 0.15) is 0 Å². The van der Waals surface area contributed by atoms with Crippen LogP contribution in [-0.4, -0.2) is 37.3 Å². The minimum atomic E-state index is 0.0385. The number of hydrogen-bond acceptors (Lipinski definition) is 4. The van der Waals surface area contributed by atoms with E-state index in [9.17, 15) is 0 Å². The summed E-state index contributed by atoms with van der Waals surface area (Å²) in [5.41, 5.74) is 11.1. The number of rotatable bonds is 9. The van der Waals surface area contributed by atoms with Gasteiger partial charge in [0.2, 0.25) is 0 Å². The van der Waals surface area contributed by atoms with Crippen LogP contribution >= 0.6 is 0 Å². The van der Waals surface area contributed by atoms with Gasteiger partial charge in [0.15, 0.2) is 0 Å². The summed E-state index contributed by atoms with van der Waals surface area (Å²) in [6, 6.07) is 0. The molecule has 0 aromatic rings. The van der Waals surface area contributed by atoms with Crippen molar-refractivity contribution in [1.82, 2.24) is 10.6 Å². The van der Waals surface area contributed by atoms with E-state index in [-0.39, 0.29) is 11.1 Å². The molecule has 0 bridgehead atoms. The molecule has 0 aromatic heterocycles. The van der Waals surface area contributed by atoms with Crippen LogP contribution in [0.1, 0.15) is 40.5 Å². The number of nitrogens with two attached hydrogens (primary N) is 2. The van der Waals surface area contributed by atoms with Crippen molar-refractivity contribution < 1.29 is 0 Å². The van der Waals surface area contributed by atoms with Crippen molar-refractivity contribution in [3.63, 3.8) is 0 Å². The molecule has 0 aliphatic carbocycles. The Morgan fingerprint density at radius 3 is 1.31 bits per heavy atom. The molecule has 0 unspecified atom stereocenters. The second-order valence-electron chi connectivity index (χ2n) is 5.39. The van der Waals surface area contributed by atoms with Gasteiger partial charge in [-0.1, -0.05) is 0 Å². The first kappa shape index (κ1) is 15.8. The van der Waals surface area contributed by atoms with Gasteiger partial charge in [-0.2, -0.15) is 0 Å². The average Bonchev–Trinajstić information content (AvgIpc) is 2.18. The summed E-state index contributed by atoms with van der Waals surface area (Å²) in [6.45, 7) is 12.3. The van der Waals surface area contributed by atoms with E-state index in [1.165, 1.54) is 0 Å². The van der Waals surface area contributed by atoms with Crippen LogP contribution in [0.2, 0.25) is 0 Å². The van der Waals surface area contributed by atoms with Crippen LogP contribution in [0.4, 0.5) is 0 Å². The maximum absolute atomic E-state index is 5.50. The van der Waals surface area contributed by atoms with Crippen molar-refractivity contribution in [3.05, 3.63) is 0 Å². The van der Waals surface area contributed by atoms with Gasteiger partial charge in [-0.25, -0.2) is 0 Å². The van der Waals surface area contributed by atoms with Crippen LogP contribution in [0.3, 0.4) is 0 Å². The molecule has 0 saturated carbocycles. The van der Waals surface area contributed by atoms with Gasteiger partial charge in [-0.3, -0.25) is 0 Å². The molecule has 0 amide bonds. The highest BCUT2D eigenvalue weighted by Crippen LogP contribution is 2.20. The zero-order valence-corrected chi connectivity index (χ0v) is 11.4. The van der Waals surface area contributed by atoms with E-state index in [2.05, 4.69) is 38.3 Å². The third kappa shape index (κ3) is 5.25. The normalized spacial score (nSPS) is 13.1. The van der Waals surface area contributed by atoms with Crippen LogP contribution in [0, 0.1) is 0 Å². The lowest BCUT2D eigenvalue weighted by Gasteiger charge is -2.43. The SMILES string of the molecule is CC(C)(NCCCN)C(C)(C)NCCCN. The van der Waals surface area contributed by atoms with Crippen molar-refractivity contribution in [2.24, 2.45) is 11.5 Å². The number of hydrogen-bond donors (Lipinski definition) is 4. The van der Waals surface area contributed by atoms with Crippen molar-refractivity contribution in [1.29, 1.82) is 0 Å². The largest absolute Gasteiger partial charge is 0.330 e. The zero-order valence-electron chi connectivity index (χ0n) is 11.4. The second-order valence-corrected chi connectivity index (χ2v) is 5.39. The molecule has 0 atom stereocenters. The highest BCUT2D eigenvalue weighted by molar-refractivity contribution is 4.99. The molecule has 16 heavy (non-hydrogen) atoms. The first-order chi connectivity index (χ1) is 7.37. The van der Waals surface area contributed by atoms with E-state index < -0.39 is 0 Å². The molecule has 0 aromatic carbocycles. The van der Waals surface area contributed by atoms with E-state index in [1.54, 1.807) is 0 Å². The molecule has 0 rings (SSSR count). The lowest BCUT2D eigenvalue weighted by Crippen LogP contribution is -2.63. The molecule has 0 radical (unpaired) electrons. The molecule has 0 aliphatic heterocycles. The summed E-state index contributed by atoms with van der Waals surface area (Å²) in [6.07, 6.45) is 2.03. The predicted octanol–water partition coefficient (Wildman–Crippen LogP) is 0.420. The summed E-state index contributed by atoms with van der Waals surface area (Å²) in [5.74, 6) is 0. The summed E-state index contributed by atoms with van der Waals surface area (Å²) in [5, 5.41) is 7.11. The van der Waals surface area contributed by atoms with Gasteiger partial charge in [-0.05, 0) is 66.7 Å². The van der Waals surface area contributed by atoms with E-state index in [1.807, 2.05) is 0 Å². The molecule has 0 spiro atoms. The van der Waals surface area contributed by atoms with E-state index in [0.717, 1.165) is 39.0 Å². The monoisotopic (exact) mass is 230 g/mol. The first-order valence-electron chi connectivity index (χ1n) is 6.27. The Labute approximate surface area is 101 Å². The van der Waals surface area contributed by atoms with Crippen molar-refractivity contribution >= 4 is 0 Å². The third-order valence-corrected chi connectivity index (χ3v) is 3.46. The van der Waals surface area contributed by atoms with Crippen LogP contribution in [0.5, 0.6) is 0 Å². The van der Waals surface area contributed by atoms with Crippen LogP contribution < -0.4 is 22.1 Å². The summed E-state index contributed by atoms with van der Waals surface area (Å²) in [4.78, 5) is 0. The quantitative estimate of drug-likeness (QED) is 0.433. The minimum Gasteiger partial charge on any atom is -0.330 e.